The first-order chi connectivity index (χ1) is 9.08. The van der Waals surface area contributed by atoms with Crippen molar-refractivity contribution in [2.75, 3.05) is 19.9 Å². The highest BCUT2D eigenvalue weighted by Gasteiger charge is 2.20. The number of hydrogen-bond donors (Lipinski definition) is 2. The molecule has 2 aromatic rings. The highest BCUT2D eigenvalue weighted by molar-refractivity contribution is 5.98. The number of anilines is 1. The minimum atomic E-state index is -0.473. The summed E-state index contributed by atoms with van der Waals surface area (Å²) in [5, 5.41) is 3.14. The number of ether oxygens (including phenoxy) is 1. The van der Waals surface area contributed by atoms with E-state index in [0.29, 0.717) is 17.6 Å². The lowest BCUT2D eigenvalue weighted by atomic mass is 10.2. The predicted molar refractivity (Wildman–Crippen MR) is 73.2 cm³/mol. The van der Waals surface area contributed by atoms with E-state index < -0.39 is 5.97 Å². The molecule has 0 saturated heterocycles. The van der Waals surface area contributed by atoms with Crippen LogP contribution in [0.25, 0.3) is 5.52 Å². The van der Waals surface area contributed by atoms with Gasteiger partial charge >= 0.3 is 5.97 Å². The lowest BCUT2D eigenvalue weighted by Crippen LogP contribution is -2.24. The number of nitrogens with two attached hydrogens (primary N) is 1. The maximum Gasteiger partial charge on any atom is 0.359 e. The van der Waals surface area contributed by atoms with Crippen LogP contribution in [0.5, 0.6) is 0 Å². The molecule has 0 aliphatic rings. The van der Waals surface area contributed by atoms with Crippen LogP contribution in [0.15, 0.2) is 18.3 Å². The minimum Gasteiger partial charge on any atom is -0.464 e. The molecule has 6 nitrogen and oxygen atoms in total. The van der Waals surface area contributed by atoms with E-state index in [4.69, 9.17) is 10.5 Å². The molecule has 0 saturated carbocycles. The van der Waals surface area contributed by atoms with Crippen molar-refractivity contribution in [1.82, 2.24) is 14.7 Å². The second-order valence-electron chi connectivity index (χ2n) is 4.44. The van der Waals surface area contributed by atoms with E-state index in [2.05, 4.69) is 10.3 Å². The number of nitrogen functional groups attached to an aromatic ring is 1. The first kappa shape index (κ1) is 13.4. The van der Waals surface area contributed by atoms with E-state index in [1.807, 2.05) is 30.6 Å². The smallest absolute Gasteiger partial charge is 0.359 e. The first-order valence-corrected chi connectivity index (χ1v) is 6.09. The van der Waals surface area contributed by atoms with Crippen molar-refractivity contribution in [1.29, 1.82) is 0 Å². The van der Waals surface area contributed by atoms with E-state index >= 15 is 0 Å². The summed E-state index contributed by atoms with van der Waals surface area (Å²) >= 11 is 0. The number of esters is 1. The standard InChI is InChI=1S/C13H18N4O2/c1-8(15-2)7-10-16-11(13(18)19-3)12-9(14)5-4-6-17(10)12/h4-6,8,15H,7,14H2,1-3H3. The number of nitrogens with zero attached hydrogens (tertiary/aromatic N) is 2. The largest absolute Gasteiger partial charge is 0.464 e. The number of likely N-dealkylation sites (N-methyl/N-ethyl adjacent to an activating group) is 1. The van der Waals surface area contributed by atoms with Gasteiger partial charge < -0.3 is 20.2 Å². The third kappa shape index (κ3) is 2.39. The quantitative estimate of drug-likeness (QED) is 0.798. The summed E-state index contributed by atoms with van der Waals surface area (Å²) in [6.07, 6.45) is 2.54. The molecule has 19 heavy (non-hydrogen) atoms. The van der Waals surface area contributed by atoms with Crippen molar-refractivity contribution < 1.29 is 9.53 Å². The van der Waals surface area contributed by atoms with Crippen LogP contribution in [0.2, 0.25) is 0 Å². The number of nitrogens with one attached hydrogen (secondary N) is 1. The zero-order valence-corrected chi connectivity index (χ0v) is 11.3. The Morgan fingerprint density at radius 1 is 1.63 bits per heavy atom. The van der Waals surface area contributed by atoms with Crippen molar-refractivity contribution in [3.63, 3.8) is 0 Å². The predicted octanol–water partition coefficient (Wildman–Crippen LogP) is 0.853. The maximum absolute atomic E-state index is 11.8. The molecule has 2 aromatic heterocycles. The van der Waals surface area contributed by atoms with Crippen LogP contribution in [0.4, 0.5) is 5.69 Å². The molecule has 0 spiro atoms. The average Bonchev–Trinajstić information content (AvgIpc) is 2.78. The van der Waals surface area contributed by atoms with Crippen LogP contribution in [-0.2, 0) is 11.2 Å². The molecule has 6 heteroatoms. The van der Waals surface area contributed by atoms with E-state index in [9.17, 15) is 4.79 Å². The van der Waals surface area contributed by atoms with E-state index in [1.54, 1.807) is 6.07 Å². The second kappa shape index (κ2) is 5.27. The molecule has 0 aromatic carbocycles. The Bertz CT molecular complexity index is 606. The van der Waals surface area contributed by atoms with Crippen LogP contribution in [0.1, 0.15) is 23.2 Å². The lowest BCUT2D eigenvalue weighted by Gasteiger charge is -2.08. The zero-order valence-electron chi connectivity index (χ0n) is 11.3. The fourth-order valence-electron chi connectivity index (χ4n) is 1.99. The fraction of sp³-hybridized carbons (Fsp3) is 0.385. The van der Waals surface area contributed by atoms with Gasteiger partial charge in [0.05, 0.1) is 12.8 Å². The Morgan fingerprint density at radius 3 is 3.00 bits per heavy atom. The van der Waals surface area contributed by atoms with Gasteiger partial charge in [-0.1, -0.05) is 0 Å². The molecule has 0 radical (unpaired) electrons. The summed E-state index contributed by atoms with van der Waals surface area (Å²) in [5.41, 5.74) is 7.32. The van der Waals surface area contributed by atoms with E-state index in [1.165, 1.54) is 7.11 Å². The number of aromatic nitrogens is 2. The zero-order chi connectivity index (χ0) is 14.0. The van der Waals surface area contributed by atoms with Crippen molar-refractivity contribution in [2.45, 2.75) is 19.4 Å². The molecule has 0 aliphatic carbocycles. The first-order valence-electron chi connectivity index (χ1n) is 6.09. The number of fused-ring (bicyclic) bond motifs is 1. The average molecular weight is 262 g/mol. The summed E-state index contributed by atoms with van der Waals surface area (Å²) < 4.78 is 6.60. The van der Waals surface area contributed by atoms with Crippen molar-refractivity contribution in [3.05, 3.63) is 29.8 Å². The normalized spacial score (nSPS) is 12.6. The molecule has 3 N–H and O–H groups in total. The summed E-state index contributed by atoms with van der Waals surface area (Å²) in [6, 6.07) is 3.82. The molecule has 102 valence electrons. The summed E-state index contributed by atoms with van der Waals surface area (Å²) in [4.78, 5) is 16.2. The van der Waals surface area contributed by atoms with Crippen LogP contribution in [0, 0.1) is 0 Å². The molecule has 2 rings (SSSR count). The maximum atomic E-state index is 11.8. The van der Waals surface area contributed by atoms with Crippen molar-refractivity contribution in [2.24, 2.45) is 0 Å². The van der Waals surface area contributed by atoms with Crippen LogP contribution in [0.3, 0.4) is 0 Å². The van der Waals surface area contributed by atoms with Gasteiger partial charge in [0.25, 0.3) is 0 Å². The highest BCUT2D eigenvalue weighted by atomic mass is 16.5. The van der Waals surface area contributed by atoms with Gasteiger partial charge in [-0.2, -0.15) is 0 Å². The van der Waals surface area contributed by atoms with E-state index in [-0.39, 0.29) is 11.7 Å². The SMILES string of the molecule is CNC(C)Cc1nc(C(=O)OC)c2c(N)cccn12. The number of hydrogen-bond acceptors (Lipinski definition) is 5. The van der Waals surface area contributed by atoms with Gasteiger partial charge in [-0.15, -0.1) is 0 Å². The number of methoxy groups -OCH3 is 1. The second-order valence-corrected chi connectivity index (χ2v) is 4.44. The van der Waals surface area contributed by atoms with Gasteiger partial charge in [-0.25, -0.2) is 9.78 Å². The molecule has 0 aliphatic heterocycles. The molecule has 2 heterocycles. The van der Waals surface area contributed by atoms with Gasteiger partial charge in [-0.05, 0) is 26.1 Å². The summed E-state index contributed by atoms with van der Waals surface area (Å²) in [5.74, 6) is 0.309. The molecular weight excluding hydrogens is 244 g/mol. The molecule has 0 bridgehead atoms. The van der Waals surface area contributed by atoms with Crippen LogP contribution in [-0.4, -0.2) is 35.6 Å². The van der Waals surface area contributed by atoms with Gasteiger partial charge in [0.15, 0.2) is 5.69 Å². The Hall–Kier alpha value is -2.08. The van der Waals surface area contributed by atoms with E-state index in [0.717, 1.165) is 5.82 Å². The van der Waals surface area contributed by atoms with Crippen LogP contribution < -0.4 is 11.1 Å². The minimum absolute atomic E-state index is 0.248. The molecular formula is C13H18N4O2. The fourth-order valence-corrected chi connectivity index (χ4v) is 1.99. The number of carbonyl (C=O) groups is 1. The number of rotatable bonds is 4. The Morgan fingerprint density at radius 2 is 2.37 bits per heavy atom. The number of imidazole rings is 1. The van der Waals surface area contributed by atoms with Gasteiger partial charge in [-0.3, -0.25) is 0 Å². The lowest BCUT2D eigenvalue weighted by molar-refractivity contribution is 0.0597. The topological polar surface area (TPSA) is 81.6 Å². The Labute approximate surface area is 111 Å². The van der Waals surface area contributed by atoms with Gasteiger partial charge in [0.2, 0.25) is 0 Å². The third-order valence-corrected chi connectivity index (χ3v) is 3.13. The third-order valence-electron chi connectivity index (χ3n) is 3.13. The molecule has 1 unspecified atom stereocenters. The molecule has 0 amide bonds. The summed E-state index contributed by atoms with van der Waals surface area (Å²) in [6.45, 7) is 2.05. The highest BCUT2D eigenvalue weighted by Crippen LogP contribution is 2.21. The van der Waals surface area contributed by atoms with Crippen molar-refractivity contribution >= 4 is 17.2 Å². The van der Waals surface area contributed by atoms with Crippen molar-refractivity contribution in [3.8, 4) is 0 Å². The van der Waals surface area contributed by atoms with Gasteiger partial charge in [0, 0.05) is 18.7 Å². The molecule has 1 atom stereocenters. The Balaban J connectivity index is 2.60. The number of pyridine rings is 1. The van der Waals surface area contributed by atoms with Crippen LogP contribution >= 0.6 is 0 Å². The molecule has 0 fully saturated rings. The Kier molecular flexibility index (Phi) is 3.71. The summed E-state index contributed by atoms with van der Waals surface area (Å²) in [7, 11) is 3.22. The number of carbonyl (C=O) groups excluding carboxylic acids is 1. The monoisotopic (exact) mass is 262 g/mol. The van der Waals surface area contributed by atoms with Gasteiger partial charge in [0.1, 0.15) is 11.3 Å².